The van der Waals surface area contributed by atoms with E-state index in [9.17, 15) is 0 Å². The number of para-hydroxylation sites is 1. The van der Waals surface area contributed by atoms with Crippen LogP contribution in [0.2, 0.25) is 5.02 Å². The molecule has 1 N–H and O–H groups in total. The van der Waals surface area contributed by atoms with Gasteiger partial charge in [0, 0.05) is 28.5 Å². The Hall–Kier alpha value is -2.59. The van der Waals surface area contributed by atoms with Crippen LogP contribution in [0.1, 0.15) is 18.3 Å². The summed E-state index contributed by atoms with van der Waals surface area (Å²) in [6.07, 6.45) is 1.02. The van der Waals surface area contributed by atoms with E-state index in [1.54, 1.807) is 0 Å². The zero-order chi connectivity index (χ0) is 17.4. The maximum atomic E-state index is 6.07. The zero-order valence-electron chi connectivity index (χ0n) is 14.2. The third kappa shape index (κ3) is 3.17. The number of anilines is 4. The predicted octanol–water partition coefficient (Wildman–Crippen LogP) is 5.26. The van der Waals surface area contributed by atoms with E-state index in [0.717, 1.165) is 29.6 Å². The molecule has 126 valence electrons. The Morgan fingerprint density at radius 2 is 1.92 bits per heavy atom. The number of nitrogens with one attached hydrogen (secondary N) is 1. The van der Waals surface area contributed by atoms with Crippen LogP contribution in [0.15, 0.2) is 54.6 Å². The van der Waals surface area contributed by atoms with Gasteiger partial charge in [-0.1, -0.05) is 35.9 Å². The van der Waals surface area contributed by atoms with Crippen molar-refractivity contribution in [2.45, 2.75) is 26.3 Å². The lowest BCUT2D eigenvalue weighted by molar-refractivity contribution is 0.747. The Morgan fingerprint density at radius 3 is 2.76 bits per heavy atom. The van der Waals surface area contributed by atoms with Gasteiger partial charge in [0.25, 0.3) is 0 Å². The summed E-state index contributed by atoms with van der Waals surface area (Å²) in [6, 6.07) is 18.5. The summed E-state index contributed by atoms with van der Waals surface area (Å²) in [5.74, 6) is 2.41. The number of nitrogens with zero attached hydrogens (tertiary/aromatic N) is 3. The van der Waals surface area contributed by atoms with Gasteiger partial charge in [0.2, 0.25) is 0 Å². The number of halogens is 1. The molecule has 2 heterocycles. The lowest BCUT2D eigenvalue weighted by atomic mass is 10.1. The minimum atomic E-state index is 0.366. The Labute approximate surface area is 152 Å². The van der Waals surface area contributed by atoms with Crippen LogP contribution in [0.5, 0.6) is 0 Å². The molecule has 4 nitrogen and oxygen atoms in total. The van der Waals surface area contributed by atoms with Crippen molar-refractivity contribution in [2.24, 2.45) is 0 Å². The molecule has 5 heteroatoms. The molecule has 0 spiro atoms. The molecule has 1 aromatic heterocycles. The Morgan fingerprint density at radius 1 is 1.08 bits per heavy atom. The number of hydrogen-bond acceptors (Lipinski definition) is 4. The van der Waals surface area contributed by atoms with E-state index >= 15 is 0 Å². The molecule has 25 heavy (non-hydrogen) atoms. The second-order valence-corrected chi connectivity index (χ2v) is 6.78. The van der Waals surface area contributed by atoms with E-state index < -0.39 is 0 Å². The van der Waals surface area contributed by atoms with Gasteiger partial charge in [0.15, 0.2) is 0 Å². The maximum Gasteiger partial charge on any atom is 0.139 e. The molecule has 0 saturated carbocycles. The van der Waals surface area contributed by atoms with Crippen molar-refractivity contribution in [1.82, 2.24) is 9.97 Å². The second kappa shape index (κ2) is 6.37. The summed E-state index contributed by atoms with van der Waals surface area (Å²) < 4.78 is 0. The van der Waals surface area contributed by atoms with Crippen molar-refractivity contribution in [3.63, 3.8) is 0 Å². The van der Waals surface area contributed by atoms with Gasteiger partial charge in [0.1, 0.15) is 17.5 Å². The fourth-order valence-corrected chi connectivity index (χ4v) is 3.56. The van der Waals surface area contributed by atoms with Crippen molar-refractivity contribution in [3.8, 4) is 0 Å². The van der Waals surface area contributed by atoms with Crippen LogP contribution in [0.25, 0.3) is 0 Å². The average molecular weight is 351 g/mol. The van der Waals surface area contributed by atoms with Crippen LogP contribution >= 0.6 is 11.6 Å². The number of aryl methyl sites for hydroxylation is 1. The van der Waals surface area contributed by atoms with Crippen molar-refractivity contribution in [1.29, 1.82) is 0 Å². The predicted molar refractivity (Wildman–Crippen MR) is 103 cm³/mol. The van der Waals surface area contributed by atoms with E-state index in [4.69, 9.17) is 11.6 Å². The first-order chi connectivity index (χ1) is 12.1. The van der Waals surface area contributed by atoms with Gasteiger partial charge in [-0.25, -0.2) is 9.97 Å². The molecule has 2 aromatic carbocycles. The first kappa shape index (κ1) is 15.9. The van der Waals surface area contributed by atoms with Gasteiger partial charge in [-0.2, -0.15) is 0 Å². The highest BCUT2D eigenvalue weighted by atomic mass is 35.5. The second-order valence-electron chi connectivity index (χ2n) is 6.35. The Kier molecular flexibility index (Phi) is 4.06. The molecule has 0 fully saturated rings. The minimum Gasteiger partial charge on any atom is -0.340 e. The van der Waals surface area contributed by atoms with Crippen LogP contribution in [-0.4, -0.2) is 16.0 Å². The molecule has 0 bridgehead atoms. The molecule has 0 radical (unpaired) electrons. The van der Waals surface area contributed by atoms with E-state index in [0.29, 0.717) is 11.1 Å². The van der Waals surface area contributed by atoms with Crippen molar-refractivity contribution >= 4 is 34.6 Å². The third-order valence-electron chi connectivity index (χ3n) is 4.38. The van der Waals surface area contributed by atoms with E-state index in [-0.39, 0.29) is 0 Å². The topological polar surface area (TPSA) is 41.1 Å². The minimum absolute atomic E-state index is 0.366. The summed E-state index contributed by atoms with van der Waals surface area (Å²) in [5, 5.41) is 4.02. The fourth-order valence-electron chi connectivity index (χ4n) is 3.37. The summed E-state index contributed by atoms with van der Waals surface area (Å²) in [5.41, 5.74) is 3.49. The molecule has 3 aromatic rings. The molecule has 1 atom stereocenters. The van der Waals surface area contributed by atoms with Gasteiger partial charge in [-0.05, 0) is 50.1 Å². The third-order valence-corrected chi connectivity index (χ3v) is 4.61. The lowest BCUT2D eigenvalue weighted by Crippen LogP contribution is -2.25. The summed E-state index contributed by atoms with van der Waals surface area (Å²) in [6.45, 7) is 4.14. The first-order valence-corrected chi connectivity index (χ1v) is 8.73. The van der Waals surface area contributed by atoms with Gasteiger partial charge in [0.05, 0.1) is 0 Å². The molecular weight excluding hydrogens is 332 g/mol. The smallest absolute Gasteiger partial charge is 0.139 e. The highest BCUT2D eigenvalue weighted by molar-refractivity contribution is 6.30. The zero-order valence-corrected chi connectivity index (χ0v) is 15.0. The van der Waals surface area contributed by atoms with Gasteiger partial charge >= 0.3 is 0 Å². The average Bonchev–Trinajstić information content (AvgIpc) is 2.90. The summed E-state index contributed by atoms with van der Waals surface area (Å²) in [7, 11) is 0. The molecular formula is C20H19ClN4. The Balaban J connectivity index is 1.71. The van der Waals surface area contributed by atoms with Crippen molar-refractivity contribution in [2.75, 3.05) is 10.2 Å². The largest absolute Gasteiger partial charge is 0.340 e. The monoisotopic (exact) mass is 350 g/mol. The molecule has 0 aliphatic carbocycles. The lowest BCUT2D eigenvalue weighted by Gasteiger charge is -2.24. The molecule has 1 aliphatic heterocycles. The van der Waals surface area contributed by atoms with Crippen LogP contribution in [0, 0.1) is 6.92 Å². The number of benzene rings is 2. The number of fused-ring (bicyclic) bond motifs is 1. The number of hydrogen-bond donors (Lipinski definition) is 1. The summed E-state index contributed by atoms with van der Waals surface area (Å²) in [4.78, 5) is 11.5. The van der Waals surface area contributed by atoms with E-state index in [1.165, 1.54) is 11.3 Å². The number of aromatic nitrogens is 2. The van der Waals surface area contributed by atoms with Crippen molar-refractivity contribution < 1.29 is 0 Å². The SMILES string of the molecule is Cc1nc(Nc2cccc(Cl)c2)cc(N2c3ccccc3CC2C)n1. The highest BCUT2D eigenvalue weighted by Crippen LogP contribution is 2.37. The Bertz CT molecular complexity index is 925. The molecule has 4 rings (SSSR count). The highest BCUT2D eigenvalue weighted by Gasteiger charge is 2.28. The van der Waals surface area contributed by atoms with E-state index in [1.807, 2.05) is 37.3 Å². The molecule has 0 saturated heterocycles. The molecule has 1 unspecified atom stereocenters. The standard InChI is InChI=1S/C20H19ClN4/c1-13-10-15-6-3-4-9-18(15)25(13)20-12-19(22-14(2)23-20)24-17-8-5-7-16(21)11-17/h3-9,11-13H,10H2,1-2H3,(H,22,23,24). The van der Waals surface area contributed by atoms with Crippen LogP contribution in [0.4, 0.5) is 23.0 Å². The van der Waals surface area contributed by atoms with Gasteiger partial charge in [-0.3, -0.25) is 0 Å². The molecule has 1 aliphatic rings. The van der Waals surface area contributed by atoms with Gasteiger partial charge in [-0.15, -0.1) is 0 Å². The molecule has 0 amide bonds. The van der Waals surface area contributed by atoms with Crippen LogP contribution in [-0.2, 0) is 6.42 Å². The number of rotatable bonds is 3. The van der Waals surface area contributed by atoms with Crippen molar-refractivity contribution in [3.05, 3.63) is 71.0 Å². The van der Waals surface area contributed by atoms with Crippen LogP contribution < -0.4 is 10.2 Å². The summed E-state index contributed by atoms with van der Waals surface area (Å²) >= 11 is 6.07. The normalized spacial score (nSPS) is 16.0. The maximum absolute atomic E-state index is 6.07. The van der Waals surface area contributed by atoms with E-state index in [2.05, 4.69) is 51.4 Å². The fraction of sp³-hybridized carbons (Fsp3) is 0.200. The van der Waals surface area contributed by atoms with Gasteiger partial charge < -0.3 is 10.2 Å². The first-order valence-electron chi connectivity index (χ1n) is 8.35. The van der Waals surface area contributed by atoms with Crippen LogP contribution in [0.3, 0.4) is 0 Å². The quantitative estimate of drug-likeness (QED) is 0.699.